The Labute approximate surface area is 252 Å². The fourth-order valence-corrected chi connectivity index (χ4v) is 6.76. The third-order valence-corrected chi connectivity index (χ3v) is 8.93. The van der Waals surface area contributed by atoms with Gasteiger partial charge in [-0.3, -0.25) is 4.98 Å². The van der Waals surface area contributed by atoms with Crippen molar-refractivity contribution in [3.05, 3.63) is 161 Å². The number of hydrogen-bond donors (Lipinski definition) is 1. The fraction of sp³-hybridized carbons (Fsp3) is 0.211. The Kier molecular flexibility index (Phi) is 7.46. The van der Waals surface area contributed by atoms with Crippen molar-refractivity contribution in [2.24, 2.45) is 0 Å². The molecule has 7 rings (SSSR count). The molecule has 43 heavy (non-hydrogen) atoms. The lowest BCUT2D eigenvalue weighted by atomic mass is 9.77. The molecule has 4 aromatic carbocycles. The number of fused-ring (bicyclic) bond motifs is 1. The van der Waals surface area contributed by atoms with Gasteiger partial charge >= 0.3 is 0 Å². The number of anilines is 1. The molecule has 1 aliphatic carbocycles. The highest BCUT2D eigenvalue weighted by Gasteiger charge is 2.40. The minimum atomic E-state index is -0.781. The molecule has 1 saturated carbocycles. The van der Waals surface area contributed by atoms with Gasteiger partial charge in [-0.25, -0.2) is 9.07 Å². The molecule has 1 N–H and O–H groups in total. The largest absolute Gasteiger partial charge is 0.377 e. The lowest BCUT2D eigenvalue weighted by molar-refractivity contribution is 0.443. The zero-order chi connectivity index (χ0) is 29.1. The number of halogens is 1. The molecule has 5 heteroatoms. The van der Waals surface area contributed by atoms with Crippen molar-refractivity contribution < 1.29 is 4.39 Å². The maximum Gasteiger partial charge on any atom is 0.147 e. The molecule has 0 amide bonds. The van der Waals surface area contributed by atoms with Crippen LogP contribution in [0.1, 0.15) is 66.0 Å². The zero-order valence-electron chi connectivity index (χ0n) is 24.2. The number of rotatable bonds is 8. The van der Waals surface area contributed by atoms with Crippen LogP contribution >= 0.6 is 0 Å². The van der Waals surface area contributed by atoms with E-state index in [1.54, 1.807) is 12.3 Å². The van der Waals surface area contributed by atoms with Gasteiger partial charge in [-0.2, -0.15) is 5.10 Å². The molecule has 0 atom stereocenters. The molecule has 0 spiro atoms. The second kappa shape index (κ2) is 11.8. The van der Waals surface area contributed by atoms with Crippen molar-refractivity contribution in [2.45, 2.75) is 50.1 Å². The zero-order valence-corrected chi connectivity index (χ0v) is 24.2. The predicted octanol–water partition coefficient (Wildman–Crippen LogP) is 9.07. The monoisotopic (exact) mass is 566 g/mol. The SMILES string of the molecule is Fc1cc2cnn(C(c3ccccc3)(c3ccccc3)c3ccccc3)c2cc1NCc1ccc(C2CCCCC2)cn1. The molecule has 1 fully saturated rings. The van der Waals surface area contributed by atoms with E-state index in [0.29, 0.717) is 18.2 Å². The topological polar surface area (TPSA) is 42.7 Å². The summed E-state index contributed by atoms with van der Waals surface area (Å²) in [6, 6.07) is 39.0. The van der Waals surface area contributed by atoms with Gasteiger partial charge in [-0.1, -0.05) is 116 Å². The third kappa shape index (κ3) is 5.10. The highest BCUT2D eigenvalue weighted by molar-refractivity contribution is 5.84. The number of aromatic nitrogens is 3. The van der Waals surface area contributed by atoms with Crippen LogP contribution in [-0.4, -0.2) is 14.8 Å². The first-order valence-electron chi connectivity index (χ1n) is 15.3. The number of pyridine rings is 1. The predicted molar refractivity (Wildman–Crippen MR) is 172 cm³/mol. The second-order valence-corrected chi connectivity index (χ2v) is 11.5. The first-order chi connectivity index (χ1) is 21.2. The molecule has 6 aromatic rings. The number of nitrogens with zero attached hydrogens (tertiary/aromatic N) is 3. The third-order valence-electron chi connectivity index (χ3n) is 8.93. The van der Waals surface area contributed by atoms with E-state index in [2.05, 4.69) is 90.2 Å². The summed E-state index contributed by atoms with van der Waals surface area (Å²) in [6.07, 6.45) is 10.2. The first-order valence-corrected chi connectivity index (χ1v) is 15.3. The summed E-state index contributed by atoms with van der Waals surface area (Å²) in [7, 11) is 0. The second-order valence-electron chi connectivity index (χ2n) is 11.5. The Morgan fingerprint density at radius 1 is 0.721 bits per heavy atom. The first kappa shape index (κ1) is 27.1. The number of nitrogens with one attached hydrogen (secondary N) is 1. The Balaban J connectivity index is 1.30. The minimum Gasteiger partial charge on any atom is -0.377 e. The summed E-state index contributed by atoms with van der Waals surface area (Å²) < 4.78 is 17.5. The van der Waals surface area contributed by atoms with Gasteiger partial charge < -0.3 is 5.32 Å². The van der Waals surface area contributed by atoms with E-state index >= 15 is 4.39 Å². The van der Waals surface area contributed by atoms with Crippen LogP contribution < -0.4 is 5.32 Å². The molecule has 0 unspecified atom stereocenters. The van der Waals surface area contributed by atoms with E-state index in [9.17, 15) is 0 Å². The van der Waals surface area contributed by atoms with Crippen LogP contribution in [0.3, 0.4) is 0 Å². The highest BCUT2D eigenvalue weighted by Crippen LogP contribution is 2.42. The summed E-state index contributed by atoms with van der Waals surface area (Å²) in [5, 5.41) is 9.03. The summed E-state index contributed by atoms with van der Waals surface area (Å²) in [6.45, 7) is 0.433. The number of hydrogen-bond acceptors (Lipinski definition) is 3. The molecular weight excluding hydrogens is 531 g/mol. The van der Waals surface area contributed by atoms with Crippen molar-refractivity contribution in [1.82, 2.24) is 14.8 Å². The Bertz CT molecular complexity index is 1700. The van der Waals surface area contributed by atoms with Crippen molar-refractivity contribution in [3.8, 4) is 0 Å². The van der Waals surface area contributed by atoms with Gasteiger partial charge in [0.25, 0.3) is 0 Å². The minimum absolute atomic E-state index is 0.310. The Hall–Kier alpha value is -4.77. The quantitative estimate of drug-likeness (QED) is 0.187. The van der Waals surface area contributed by atoms with Crippen LogP contribution in [0.15, 0.2) is 128 Å². The molecule has 0 saturated heterocycles. The van der Waals surface area contributed by atoms with Crippen LogP contribution in [0.4, 0.5) is 10.1 Å². The lowest BCUT2D eigenvalue weighted by Crippen LogP contribution is -2.38. The molecular formula is C38H35FN4. The molecule has 214 valence electrons. The molecule has 2 heterocycles. The Morgan fingerprint density at radius 2 is 1.33 bits per heavy atom. The van der Waals surface area contributed by atoms with E-state index in [4.69, 9.17) is 10.1 Å². The molecule has 0 aliphatic heterocycles. The molecule has 0 radical (unpaired) electrons. The normalized spacial score (nSPS) is 14.2. The highest BCUT2D eigenvalue weighted by atomic mass is 19.1. The van der Waals surface area contributed by atoms with E-state index in [1.165, 1.54) is 37.7 Å². The van der Waals surface area contributed by atoms with Crippen LogP contribution in [0.5, 0.6) is 0 Å². The molecule has 1 aliphatic rings. The smallest absolute Gasteiger partial charge is 0.147 e. The summed E-state index contributed by atoms with van der Waals surface area (Å²) in [4.78, 5) is 4.72. The van der Waals surface area contributed by atoms with Gasteiger partial charge in [0, 0.05) is 11.6 Å². The van der Waals surface area contributed by atoms with E-state index in [1.807, 2.05) is 35.1 Å². The van der Waals surface area contributed by atoms with Crippen LogP contribution in [0, 0.1) is 5.82 Å². The van der Waals surface area contributed by atoms with E-state index < -0.39 is 5.54 Å². The van der Waals surface area contributed by atoms with Crippen molar-refractivity contribution in [2.75, 3.05) is 5.32 Å². The average molecular weight is 567 g/mol. The van der Waals surface area contributed by atoms with Gasteiger partial charge in [-0.15, -0.1) is 0 Å². The summed E-state index contributed by atoms with van der Waals surface area (Å²) in [5.41, 5.74) is 5.89. The maximum atomic E-state index is 15.5. The van der Waals surface area contributed by atoms with Crippen molar-refractivity contribution in [1.29, 1.82) is 0 Å². The summed E-state index contributed by atoms with van der Waals surface area (Å²) >= 11 is 0. The van der Waals surface area contributed by atoms with Gasteiger partial charge in [0.2, 0.25) is 0 Å². The maximum absolute atomic E-state index is 15.5. The van der Waals surface area contributed by atoms with E-state index in [0.717, 1.165) is 33.3 Å². The lowest BCUT2D eigenvalue weighted by Gasteiger charge is -2.37. The van der Waals surface area contributed by atoms with Gasteiger partial charge in [-0.05, 0) is 59.2 Å². The number of benzene rings is 4. The van der Waals surface area contributed by atoms with Crippen LogP contribution in [-0.2, 0) is 12.1 Å². The van der Waals surface area contributed by atoms with Crippen molar-refractivity contribution in [3.63, 3.8) is 0 Å². The standard InChI is InChI=1S/C38H35FN4/c39-35-23-30-26-42-43(37(30)24-36(35)41-27-34-22-21-29(25-40-34)28-13-5-1-6-14-28)38(31-15-7-2-8-16-31,32-17-9-3-10-18-32)33-19-11-4-12-20-33/h2-4,7-12,15-26,28,41H,1,5-6,13-14,27H2. The van der Waals surface area contributed by atoms with Gasteiger partial charge in [0.15, 0.2) is 0 Å². The Morgan fingerprint density at radius 3 is 1.88 bits per heavy atom. The summed E-state index contributed by atoms with van der Waals surface area (Å²) in [5.74, 6) is 0.304. The molecule has 2 aromatic heterocycles. The molecule has 0 bridgehead atoms. The average Bonchev–Trinajstić information content (AvgIpc) is 3.49. The fourth-order valence-electron chi connectivity index (χ4n) is 6.76. The van der Waals surface area contributed by atoms with Crippen LogP contribution in [0.2, 0.25) is 0 Å². The molecule has 4 nitrogen and oxygen atoms in total. The van der Waals surface area contributed by atoms with Gasteiger partial charge in [0.05, 0.1) is 29.6 Å². The van der Waals surface area contributed by atoms with Crippen LogP contribution in [0.25, 0.3) is 10.9 Å². The van der Waals surface area contributed by atoms with Crippen molar-refractivity contribution >= 4 is 16.6 Å². The van der Waals surface area contributed by atoms with E-state index in [-0.39, 0.29) is 5.82 Å². The van der Waals surface area contributed by atoms with Gasteiger partial charge in [0.1, 0.15) is 11.4 Å².